The van der Waals surface area contributed by atoms with Crippen molar-refractivity contribution < 1.29 is 22.0 Å². The Morgan fingerprint density at radius 2 is 2.12 bits per heavy atom. The van der Waals surface area contributed by atoms with Crippen LogP contribution >= 0.6 is 23.4 Å². The Balaban J connectivity index is 0.00000144. The van der Waals surface area contributed by atoms with E-state index >= 15 is 0 Å². The van der Waals surface area contributed by atoms with Gasteiger partial charge < -0.3 is 22.0 Å². The lowest BCUT2D eigenvalue weighted by atomic mass is 10.4. The summed E-state index contributed by atoms with van der Waals surface area (Å²) >= 11 is 7.69. The summed E-state index contributed by atoms with van der Waals surface area (Å²) in [6.45, 7) is 5.25. The number of pyridine rings is 1. The van der Waals surface area contributed by atoms with Gasteiger partial charge in [-0.1, -0.05) is 11.6 Å². The van der Waals surface area contributed by atoms with Crippen molar-refractivity contribution >= 4 is 23.4 Å². The van der Waals surface area contributed by atoms with Crippen molar-refractivity contribution in [2.75, 3.05) is 38.6 Å². The lowest BCUT2D eigenvalue weighted by molar-refractivity contribution is -0.905. The van der Waals surface area contributed by atoms with Gasteiger partial charge in [-0.05, 0) is 6.07 Å². The van der Waals surface area contributed by atoms with Crippen LogP contribution in [0.3, 0.4) is 0 Å². The molecule has 17 heavy (non-hydrogen) atoms. The summed E-state index contributed by atoms with van der Waals surface area (Å²) in [5.74, 6) is 1.11. The van der Waals surface area contributed by atoms with Gasteiger partial charge in [0.05, 0.1) is 24.8 Å². The second-order valence-electron chi connectivity index (χ2n) is 3.80. The molecule has 1 N–H and O–H groups in total. The number of rotatable bonds is 4. The van der Waals surface area contributed by atoms with Gasteiger partial charge in [-0.25, -0.2) is 0 Å². The molecule has 0 atom stereocenters. The molecule has 1 fully saturated rings. The van der Waals surface area contributed by atoms with Gasteiger partial charge in [0, 0.05) is 23.0 Å². The van der Waals surface area contributed by atoms with Gasteiger partial charge >= 0.3 is 0 Å². The van der Waals surface area contributed by atoms with Crippen molar-refractivity contribution in [3.05, 3.63) is 23.5 Å². The summed E-state index contributed by atoms with van der Waals surface area (Å²) in [6, 6.07) is 1.97. The minimum absolute atomic E-state index is 0. The molecule has 2 heterocycles. The standard InChI is InChI=1S/C11H15ClN2OS.ClH/c12-10-7-11(9-13-8-10)16-6-3-14-1-4-15-5-2-14;/h7-9H,1-6H2;1H. The Bertz CT molecular complexity index is 335. The Labute approximate surface area is 117 Å². The number of nitrogens with one attached hydrogen (secondary N) is 1. The number of quaternary nitrogens is 1. The molecule has 1 aliphatic rings. The maximum Gasteiger partial charge on any atom is 0.101 e. The van der Waals surface area contributed by atoms with Crippen LogP contribution in [-0.4, -0.2) is 43.6 Å². The van der Waals surface area contributed by atoms with Crippen LogP contribution in [-0.2, 0) is 4.74 Å². The number of ether oxygens (including phenoxy) is 1. The summed E-state index contributed by atoms with van der Waals surface area (Å²) < 4.78 is 5.32. The highest BCUT2D eigenvalue weighted by molar-refractivity contribution is 7.99. The normalized spacial score (nSPS) is 16.5. The molecular formula is C11H16Cl2N2OS. The van der Waals surface area contributed by atoms with Gasteiger partial charge in [-0.3, -0.25) is 4.98 Å². The molecule has 1 aliphatic heterocycles. The van der Waals surface area contributed by atoms with Crippen LogP contribution in [0.25, 0.3) is 0 Å². The summed E-state index contributed by atoms with van der Waals surface area (Å²) in [4.78, 5) is 6.86. The quantitative estimate of drug-likeness (QED) is 0.636. The number of thioether (sulfide) groups is 1. The number of hydrogen-bond acceptors (Lipinski definition) is 3. The van der Waals surface area contributed by atoms with E-state index < -0.39 is 0 Å². The molecule has 0 aromatic carbocycles. The van der Waals surface area contributed by atoms with Crippen molar-refractivity contribution in [3.8, 4) is 0 Å². The first-order valence-corrected chi connectivity index (χ1v) is 6.85. The molecule has 0 radical (unpaired) electrons. The van der Waals surface area contributed by atoms with Crippen molar-refractivity contribution in [2.45, 2.75) is 4.90 Å². The first-order valence-electron chi connectivity index (χ1n) is 5.49. The largest absolute Gasteiger partial charge is 1.00 e. The third-order valence-corrected chi connectivity index (χ3v) is 3.78. The van der Waals surface area contributed by atoms with Gasteiger partial charge in [0.1, 0.15) is 13.1 Å². The number of aromatic nitrogens is 1. The fourth-order valence-electron chi connectivity index (χ4n) is 1.69. The molecule has 0 unspecified atom stereocenters. The minimum Gasteiger partial charge on any atom is -1.00 e. The van der Waals surface area contributed by atoms with E-state index in [0.717, 1.165) is 37.0 Å². The van der Waals surface area contributed by atoms with Crippen LogP contribution in [0, 0.1) is 0 Å². The van der Waals surface area contributed by atoms with Gasteiger partial charge in [0.25, 0.3) is 0 Å². The number of halogens is 2. The maximum absolute atomic E-state index is 5.87. The average Bonchev–Trinajstić information content (AvgIpc) is 2.30. The molecule has 6 heteroatoms. The molecule has 2 rings (SSSR count). The van der Waals surface area contributed by atoms with E-state index in [2.05, 4.69) is 4.98 Å². The molecule has 0 amide bonds. The van der Waals surface area contributed by atoms with Crippen molar-refractivity contribution in [3.63, 3.8) is 0 Å². The van der Waals surface area contributed by atoms with Gasteiger partial charge in [-0.2, -0.15) is 0 Å². The van der Waals surface area contributed by atoms with Crippen LogP contribution in [0.2, 0.25) is 5.02 Å². The topological polar surface area (TPSA) is 26.6 Å². The van der Waals surface area contributed by atoms with E-state index in [9.17, 15) is 0 Å². The average molecular weight is 295 g/mol. The molecule has 0 aliphatic carbocycles. The second-order valence-corrected chi connectivity index (χ2v) is 5.40. The number of morpholine rings is 1. The number of nitrogens with zero attached hydrogens (tertiary/aromatic N) is 1. The van der Waals surface area contributed by atoms with Crippen molar-refractivity contribution in [1.82, 2.24) is 4.98 Å². The first-order chi connectivity index (χ1) is 7.84. The number of hydrogen-bond donors (Lipinski definition) is 1. The smallest absolute Gasteiger partial charge is 0.101 e. The molecular weight excluding hydrogens is 279 g/mol. The molecule has 1 aromatic rings. The summed E-state index contributed by atoms with van der Waals surface area (Å²) in [6.07, 6.45) is 3.53. The molecule has 1 aromatic heterocycles. The third kappa shape index (κ3) is 5.44. The Morgan fingerprint density at radius 3 is 2.82 bits per heavy atom. The zero-order valence-electron chi connectivity index (χ0n) is 9.49. The molecule has 1 saturated heterocycles. The lowest BCUT2D eigenvalue weighted by Crippen LogP contribution is -3.14. The van der Waals surface area contributed by atoms with Crippen LogP contribution in [0.15, 0.2) is 23.4 Å². The van der Waals surface area contributed by atoms with Gasteiger partial charge in [0.2, 0.25) is 0 Å². The molecule has 3 nitrogen and oxygen atoms in total. The SMILES string of the molecule is Clc1cncc(SCC[NH+]2CCOCC2)c1.[Cl-]. The lowest BCUT2D eigenvalue weighted by Gasteiger charge is -2.23. The zero-order chi connectivity index (χ0) is 11.2. The molecule has 0 bridgehead atoms. The van der Waals surface area contributed by atoms with Gasteiger partial charge in [-0.15, -0.1) is 11.8 Å². The van der Waals surface area contributed by atoms with E-state index in [1.165, 1.54) is 6.54 Å². The summed E-state index contributed by atoms with van der Waals surface area (Å²) in [5, 5.41) is 0.712. The Kier molecular flexibility index (Phi) is 7.23. The summed E-state index contributed by atoms with van der Waals surface area (Å²) in [5.41, 5.74) is 0. The molecule has 0 saturated carbocycles. The third-order valence-electron chi connectivity index (χ3n) is 2.60. The highest BCUT2D eigenvalue weighted by Gasteiger charge is 2.12. The first kappa shape index (κ1) is 15.1. The molecule has 0 spiro atoms. The Morgan fingerprint density at radius 1 is 1.35 bits per heavy atom. The van der Waals surface area contributed by atoms with E-state index in [4.69, 9.17) is 16.3 Å². The van der Waals surface area contributed by atoms with Crippen molar-refractivity contribution in [2.24, 2.45) is 0 Å². The van der Waals surface area contributed by atoms with E-state index in [1.807, 2.05) is 24.0 Å². The van der Waals surface area contributed by atoms with Crippen LogP contribution in [0.4, 0.5) is 0 Å². The van der Waals surface area contributed by atoms with Crippen molar-refractivity contribution in [1.29, 1.82) is 0 Å². The van der Waals surface area contributed by atoms with E-state index in [0.29, 0.717) is 5.02 Å². The highest BCUT2D eigenvalue weighted by Crippen LogP contribution is 2.19. The predicted octanol–water partition coefficient (Wildman–Crippen LogP) is -2.25. The van der Waals surface area contributed by atoms with Gasteiger partial charge in [0.15, 0.2) is 0 Å². The second kappa shape index (κ2) is 8.16. The van der Waals surface area contributed by atoms with Crippen LogP contribution in [0.1, 0.15) is 0 Å². The van der Waals surface area contributed by atoms with Crippen LogP contribution < -0.4 is 17.3 Å². The Hall–Kier alpha value is -0.000000000000000111. The minimum atomic E-state index is 0. The van der Waals surface area contributed by atoms with E-state index in [-0.39, 0.29) is 12.4 Å². The summed E-state index contributed by atoms with van der Waals surface area (Å²) in [7, 11) is 0. The highest BCUT2D eigenvalue weighted by atomic mass is 35.5. The zero-order valence-corrected chi connectivity index (χ0v) is 11.8. The fraction of sp³-hybridized carbons (Fsp3) is 0.545. The molecule has 96 valence electrons. The van der Waals surface area contributed by atoms with Crippen LogP contribution in [0.5, 0.6) is 0 Å². The monoisotopic (exact) mass is 294 g/mol. The predicted molar refractivity (Wildman–Crippen MR) is 66.4 cm³/mol. The van der Waals surface area contributed by atoms with E-state index in [1.54, 1.807) is 11.1 Å². The maximum atomic E-state index is 5.87. The fourth-order valence-corrected chi connectivity index (χ4v) is 2.91.